The van der Waals surface area contributed by atoms with E-state index in [0.29, 0.717) is 11.6 Å². The van der Waals surface area contributed by atoms with Crippen LogP contribution < -0.4 is 10.5 Å². The number of benzene rings is 1. The van der Waals surface area contributed by atoms with Gasteiger partial charge in [-0.1, -0.05) is 11.8 Å². The molecular weight excluding hydrogens is 378 g/mol. The highest BCUT2D eigenvalue weighted by molar-refractivity contribution is 7.98. The maximum absolute atomic E-state index is 6.30. The van der Waals surface area contributed by atoms with E-state index in [1.54, 1.807) is 30.2 Å². The van der Waals surface area contributed by atoms with Gasteiger partial charge in [-0.2, -0.15) is 0 Å². The monoisotopic (exact) mass is 397 g/mol. The largest absolute Gasteiger partial charge is 0.497 e. The van der Waals surface area contributed by atoms with E-state index in [0.717, 1.165) is 50.8 Å². The number of nitrogens with one attached hydrogen (secondary N) is 1. The van der Waals surface area contributed by atoms with E-state index < -0.39 is 0 Å². The predicted molar refractivity (Wildman–Crippen MR) is 111 cm³/mol. The van der Waals surface area contributed by atoms with Crippen LogP contribution in [-0.4, -0.2) is 27.0 Å². The van der Waals surface area contributed by atoms with Gasteiger partial charge in [-0.3, -0.25) is 0 Å². The minimum atomic E-state index is 0.615. The molecule has 4 aromatic rings. The van der Waals surface area contributed by atoms with Gasteiger partial charge < -0.3 is 15.5 Å². The Morgan fingerprint density at radius 1 is 1.22 bits per heavy atom. The Bertz CT molecular complexity index is 1150. The molecule has 1 aliphatic rings. The van der Waals surface area contributed by atoms with E-state index in [2.05, 4.69) is 15.0 Å². The van der Waals surface area contributed by atoms with Crippen LogP contribution in [0.15, 0.2) is 23.4 Å². The summed E-state index contributed by atoms with van der Waals surface area (Å²) in [6.07, 6.45) is 4.72. The first-order valence-corrected chi connectivity index (χ1v) is 10.7. The third-order valence-corrected chi connectivity index (χ3v) is 6.95. The van der Waals surface area contributed by atoms with Crippen molar-refractivity contribution in [3.63, 3.8) is 0 Å². The Labute approximate surface area is 164 Å². The molecule has 0 bridgehead atoms. The van der Waals surface area contributed by atoms with Crippen molar-refractivity contribution in [1.29, 1.82) is 0 Å². The summed E-state index contributed by atoms with van der Waals surface area (Å²) in [5.41, 5.74) is 9.55. The van der Waals surface area contributed by atoms with Crippen LogP contribution in [-0.2, 0) is 18.6 Å². The number of anilines is 1. The van der Waals surface area contributed by atoms with Crippen LogP contribution in [0.4, 0.5) is 5.82 Å². The van der Waals surface area contributed by atoms with Crippen molar-refractivity contribution >= 4 is 50.2 Å². The van der Waals surface area contributed by atoms with E-state index in [-0.39, 0.29) is 0 Å². The number of nitrogens with two attached hydrogens (primary N) is 1. The maximum Gasteiger partial charge on any atom is 0.166 e. The Balaban J connectivity index is 1.41. The second-order valence-electron chi connectivity index (χ2n) is 6.63. The number of thiophene rings is 1. The first-order valence-electron chi connectivity index (χ1n) is 8.94. The molecule has 5 rings (SSSR count). The fourth-order valence-corrected chi connectivity index (χ4v) is 5.62. The number of nitrogen functional groups attached to an aromatic ring is 1. The van der Waals surface area contributed by atoms with Crippen LogP contribution in [0.1, 0.15) is 29.1 Å². The molecule has 1 aliphatic carbocycles. The van der Waals surface area contributed by atoms with Crippen molar-refractivity contribution < 1.29 is 4.74 Å². The average molecular weight is 398 g/mol. The summed E-state index contributed by atoms with van der Waals surface area (Å²) >= 11 is 3.36. The molecule has 0 radical (unpaired) electrons. The molecule has 0 saturated heterocycles. The summed E-state index contributed by atoms with van der Waals surface area (Å²) in [6, 6.07) is 5.81. The lowest BCUT2D eigenvalue weighted by atomic mass is 9.97. The first-order chi connectivity index (χ1) is 13.2. The number of aromatic amines is 1. The molecule has 3 N–H and O–H groups in total. The number of methoxy groups -OCH3 is 1. The van der Waals surface area contributed by atoms with Gasteiger partial charge in [0.15, 0.2) is 5.16 Å². The summed E-state index contributed by atoms with van der Waals surface area (Å²) in [4.78, 5) is 19.7. The maximum atomic E-state index is 6.30. The van der Waals surface area contributed by atoms with Crippen molar-refractivity contribution in [2.24, 2.45) is 0 Å². The van der Waals surface area contributed by atoms with E-state index in [9.17, 15) is 0 Å². The molecule has 0 saturated carbocycles. The minimum absolute atomic E-state index is 0.615. The Hall–Kier alpha value is -2.32. The van der Waals surface area contributed by atoms with Crippen LogP contribution in [0.5, 0.6) is 5.75 Å². The fraction of sp³-hybridized carbons (Fsp3) is 0.316. The third kappa shape index (κ3) is 3.02. The Kier molecular flexibility index (Phi) is 4.17. The van der Waals surface area contributed by atoms with Gasteiger partial charge in [-0.05, 0) is 43.4 Å². The molecule has 3 aromatic heterocycles. The van der Waals surface area contributed by atoms with Gasteiger partial charge in [0.2, 0.25) is 0 Å². The first kappa shape index (κ1) is 16.8. The zero-order valence-corrected chi connectivity index (χ0v) is 16.5. The second kappa shape index (κ2) is 6.69. The number of aromatic nitrogens is 4. The topological polar surface area (TPSA) is 89.7 Å². The molecular formula is C19H19N5OS2. The van der Waals surface area contributed by atoms with Crippen molar-refractivity contribution in [2.45, 2.75) is 36.6 Å². The van der Waals surface area contributed by atoms with Gasteiger partial charge >= 0.3 is 0 Å². The third-order valence-electron chi connectivity index (χ3n) is 4.89. The summed E-state index contributed by atoms with van der Waals surface area (Å²) in [7, 11) is 1.66. The SMILES string of the molecule is COc1ccc2nc(SCc3nc(N)c4c5c(sc4n3)CCCC5)[nH]c2c1. The van der Waals surface area contributed by atoms with Crippen molar-refractivity contribution in [1.82, 2.24) is 19.9 Å². The van der Waals surface area contributed by atoms with Gasteiger partial charge in [0.25, 0.3) is 0 Å². The number of aryl methyl sites for hydroxylation is 2. The van der Waals surface area contributed by atoms with Gasteiger partial charge in [0.05, 0.1) is 29.3 Å². The molecule has 8 heteroatoms. The van der Waals surface area contributed by atoms with Crippen molar-refractivity contribution in [3.05, 3.63) is 34.5 Å². The predicted octanol–water partition coefficient (Wildman–Crippen LogP) is 4.33. The molecule has 0 unspecified atom stereocenters. The van der Waals surface area contributed by atoms with Gasteiger partial charge in [-0.15, -0.1) is 11.3 Å². The van der Waals surface area contributed by atoms with Crippen molar-refractivity contribution in [3.8, 4) is 5.75 Å². The smallest absolute Gasteiger partial charge is 0.166 e. The minimum Gasteiger partial charge on any atom is -0.497 e. The highest BCUT2D eigenvalue weighted by Crippen LogP contribution is 2.38. The van der Waals surface area contributed by atoms with Crippen molar-refractivity contribution in [2.75, 3.05) is 12.8 Å². The van der Waals surface area contributed by atoms with Gasteiger partial charge in [-0.25, -0.2) is 15.0 Å². The Morgan fingerprint density at radius 3 is 3.00 bits per heavy atom. The van der Waals surface area contributed by atoms with Crippen LogP contribution in [0.25, 0.3) is 21.3 Å². The molecule has 1 aromatic carbocycles. The Morgan fingerprint density at radius 2 is 2.11 bits per heavy atom. The van der Waals surface area contributed by atoms with Crippen LogP contribution in [0.2, 0.25) is 0 Å². The quantitative estimate of drug-likeness (QED) is 0.498. The number of rotatable bonds is 4. The molecule has 3 heterocycles. The summed E-state index contributed by atoms with van der Waals surface area (Å²) < 4.78 is 5.26. The lowest BCUT2D eigenvalue weighted by Crippen LogP contribution is -2.02. The zero-order valence-electron chi connectivity index (χ0n) is 14.9. The van der Waals surface area contributed by atoms with Gasteiger partial charge in [0.1, 0.15) is 22.2 Å². The summed E-state index contributed by atoms with van der Waals surface area (Å²) in [5, 5.41) is 1.92. The molecule has 0 spiro atoms. The number of hydrogen-bond acceptors (Lipinski definition) is 7. The number of nitrogens with zero attached hydrogens (tertiary/aromatic N) is 3. The fourth-order valence-electron chi connectivity index (χ4n) is 3.59. The van der Waals surface area contributed by atoms with E-state index in [1.165, 1.54) is 23.3 Å². The number of hydrogen-bond donors (Lipinski definition) is 2. The number of H-pyrrole nitrogens is 1. The van der Waals surface area contributed by atoms with E-state index >= 15 is 0 Å². The molecule has 6 nitrogen and oxygen atoms in total. The molecule has 0 fully saturated rings. The lowest BCUT2D eigenvalue weighted by molar-refractivity contribution is 0.415. The molecule has 138 valence electrons. The standard InChI is InChI=1S/C19H19N5OS2/c1-25-10-6-7-12-13(8-10)22-19(21-12)26-9-15-23-17(20)16-11-4-2-3-5-14(11)27-18(16)24-15/h6-8H,2-5,9H2,1H3,(H,21,22)(H2,20,23,24). The average Bonchev–Trinajstić information content (AvgIpc) is 3.26. The summed E-state index contributed by atoms with van der Waals surface area (Å²) in [6.45, 7) is 0. The molecule has 0 atom stereocenters. The van der Waals surface area contributed by atoms with Crippen LogP contribution in [0, 0.1) is 0 Å². The van der Waals surface area contributed by atoms with Crippen LogP contribution in [0.3, 0.4) is 0 Å². The van der Waals surface area contributed by atoms with Gasteiger partial charge in [0, 0.05) is 10.9 Å². The zero-order chi connectivity index (χ0) is 18.4. The number of imidazole rings is 1. The van der Waals surface area contributed by atoms with E-state index in [1.807, 2.05) is 18.2 Å². The highest BCUT2D eigenvalue weighted by atomic mass is 32.2. The molecule has 27 heavy (non-hydrogen) atoms. The van der Waals surface area contributed by atoms with E-state index in [4.69, 9.17) is 15.5 Å². The lowest BCUT2D eigenvalue weighted by Gasteiger charge is -2.10. The van der Waals surface area contributed by atoms with Crippen LogP contribution >= 0.6 is 23.1 Å². The normalized spacial score (nSPS) is 14.0. The highest BCUT2D eigenvalue weighted by Gasteiger charge is 2.20. The number of thioether (sulfide) groups is 1. The molecule has 0 amide bonds. The molecule has 0 aliphatic heterocycles. The summed E-state index contributed by atoms with van der Waals surface area (Å²) in [5.74, 6) is 2.80. The number of ether oxygens (including phenoxy) is 1. The second-order valence-corrected chi connectivity index (χ2v) is 8.68. The number of fused-ring (bicyclic) bond motifs is 4.